The average Bonchev–Trinajstić information content (AvgIpc) is 2.59. The average molecular weight is 365 g/mol. The molecule has 0 aliphatic heterocycles. The van der Waals surface area contributed by atoms with E-state index in [-0.39, 0.29) is 24.1 Å². The van der Waals surface area contributed by atoms with E-state index in [0.717, 1.165) is 0 Å². The van der Waals surface area contributed by atoms with Crippen molar-refractivity contribution in [3.05, 3.63) is 23.8 Å². The van der Waals surface area contributed by atoms with Crippen LogP contribution in [0, 0.1) is 5.92 Å². The van der Waals surface area contributed by atoms with Gasteiger partial charge >= 0.3 is 5.97 Å². The minimum Gasteiger partial charge on any atom is -0.489 e. The SMILES string of the molecule is COC(=O)c1ccc(OC(C)C)c(NC(=O)CNC(=O)[C@@H](N)C(C)C)c1. The maximum Gasteiger partial charge on any atom is 0.337 e. The Morgan fingerprint density at radius 2 is 1.81 bits per heavy atom. The molecule has 0 aromatic heterocycles. The number of esters is 1. The van der Waals surface area contributed by atoms with Crippen molar-refractivity contribution in [3.63, 3.8) is 0 Å². The minimum atomic E-state index is -0.690. The molecular formula is C18H27N3O5. The fourth-order valence-corrected chi connectivity index (χ4v) is 2.01. The lowest BCUT2D eigenvalue weighted by Gasteiger charge is -2.17. The lowest BCUT2D eigenvalue weighted by Crippen LogP contribution is -2.46. The van der Waals surface area contributed by atoms with Gasteiger partial charge in [-0.3, -0.25) is 9.59 Å². The van der Waals surface area contributed by atoms with Crippen LogP contribution in [0.4, 0.5) is 5.69 Å². The predicted octanol–water partition coefficient (Wildman–Crippen LogP) is 1.30. The third-order valence-corrected chi connectivity index (χ3v) is 3.48. The number of ether oxygens (including phenoxy) is 2. The topological polar surface area (TPSA) is 120 Å². The highest BCUT2D eigenvalue weighted by Crippen LogP contribution is 2.27. The van der Waals surface area contributed by atoms with E-state index in [1.165, 1.54) is 13.2 Å². The van der Waals surface area contributed by atoms with Gasteiger partial charge in [0.2, 0.25) is 11.8 Å². The summed E-state index contributed by atoms with van der Waals surface area (Å²) in [6.45, 7) is 7.07. The van der Waals surface area contributed by atoms with Crippen LogP contribution in [0.25, 0.3) is 0 Å². The lowest BCUT2D eigenvalue weighted by atomic mass is 10.1. The van der Waals surface area contributed by atoms with Crippen LogP contribution in [0.3, 0.4) is 0 Å². The summed E-state index contributed by atoms with van der Waals surface area (Å²) in [5.41, 5.74) is 6.31. The van der Waals surface area contributed by atoms with Gasteiger partial charge in [-0.1, -0.05) is 13.8 Å². The van der Waals surface area contributed by atoms with Crippen LogP contribution in [0.5, 0.6) is 5.75 Å². The number of benzene rings is 1. The zero-order valence-electron chi connectivity index (χ0n) is 15.8. The Morgan fingerprint density at radius 1 is 1.15 bits per heavy atom. The van der Waals surface area contributed by atoms with Gasteiger partial charge in [-0.15, -0.1) is 0 Å². The fraction of sp³-hybridized carbons (Fsp3) is 0.500. The van der Waals surface area contributed by atoms with E-state index in [9.17, 15) is 14.4 Å². The molecule has 0 radical (unpaired) electrons. The Labute approximate surface area is 153 Å². The molecule has 1 aromatic carbocycles. The van der Waals surface area contributed by atoms with Gasteiger partial charge in [0, 0.05) is 0 Å². The number of hydrogen-bond acceptors (Lipinski definition) is 6. The molecule has 4 N–H and O–H groups in total. The summed E-state index contributed by atoms with van der Waals surface area (Å²) in [6.07, 6.45) is -0.127. The number of nitrogens with one attached hydrogen (secondary N) is 2. The molecule has 1 aromatic rings. The number of rotatable bonds is 8. The maximum atomic E-state index is 12.2. The van der Waals surface area contributed by atoms with E-state index in [4.69, 9.17) is 10.5 Å². The molecule has 0 aliphatic carbocycles. The first-order valence-corrected chi connectivity index (χ1v) is 8.37. The first-order valence-electron chi connectivity index (χ1n) is 8.37. The van der Waals surface area contributed by atoms with Crippen LogP contribution < -0.4 is 21.1 Å². The maximum absolute atomic E-state index is 12.2. The summed E-state index contributed by atoms with van der Waals surface area (Å²) in [7, 11) is 1.27. The molecule has 0 heterocycles. The molecule has 0 saturated heterocycles. The van der Waals surface area contributed by atoms with Crippen molar-refractivity contribution >= 4 is 23.5 Å². The van der Waals surface area contributed by atoms with Gasteiger partial charge in [-0.2, -0.15) is 0 Å². The molecule has 1 rings (SSSR count). The van der Waals surface area contributed by atoms with Crippen molar-refractivity contribution in [1.29, 1.82) is 0 Å². The second-order valence-corrected chi connectivity index (χ2v) is 6.40. The number of amides is 2. The Bertz CT molecular complexity index is 658. The number of carbonyl (C=O) groups is 3. The summed E-state index contributed by atoms with van der Waals surface area (Å²) in [5, 5.41) is 5.12. The summed E-state index contributed by atoms with van der Waals surface area (Å²) in [6, 6.07) is 3.89. The zero-order chi connectivity index (χ0) is 19.9. The first kappa shape index (κ1) is 21.4. The Hall–Kier alpha value is -2.61. The second-order valence-electron chi connectivity index (χ2n) is 6.40. The van der Waals surface area contributed by atoms with Gasteiger partial charge in [-0.05, 0) is 38.0 Å². The van der Waals surface area contributed by atoms with Crippen molar-refractivity contribution in [1.82, 2.24) is 5.32 Å². The van der Waals surface area contributed by atoms with E-state index >= 15 is 0 Å². The Morgan fingerprint density at radius 3 is 2.35 bits per heavy atom. The lowest BCUT2D eigenvalue weighted by molar-refractivity contribution is -0.125. The third kappa shape index (κ3) is 6.36. The van der Waals surface area contributed by atoms with Gasteiger partial charge in [0.1, 0.15) is 5.75 Å². The van der Waals surface area contributed by atoms with Crippen LogP contribution in [0.2, 0.25) is 0 Å². The Balaban J connectivity index is 2.86. The zero-order valence-corrected chi connectivity index (χ0v) is 15.8. The van der Waals surface area contributed by atoms with Crippen LogP contribution in [0.1, 0.15) is 38.1 Å². The summed E-state index contributed by atoms with van der Waals surface area (Å²) in [5.74, 6) is -1.04. The van der Waals surface area contributed by atoms with E-state index in [1.807, 2.05) is 27.7 Å². The molecule has 144 valence electrons. The molecule has 0 fully saturated rings. The number of anilines is 1. The molecular weight excluding hydrogens is 338 g/mol. The van der Waals surface area contributed by atoms with Crippen LogP contribution in [-0.2, 0) is 14.3 Å². The van der Waals surface area contributed by atoms with Crippen LogP contribution >= 0.6 is 0 Å². The van der Waals surface area contributed by atoms with E-state index in [0.29, 0.717) is 11.4 Å². The second kappa shape index (κ2) is 9.76. The molecule has 0 bridgehead atoms. The molecule has 0 spiro atoms. The highest BCUT2D eigenvalue weighted by Gasteiger charge is 2.18. The minimum absolute atomic E-state index is 0.0409. The summed E-state index contributed by atoms with van der Waals surface area (Å²) in [4.78, 5) is 35.7. The summed E-state index contributed by atoms with van der Waals surface area (Å²) < 4.78 is 10.3. The molecule has 0 unspecified atom stereocenters. The van der Waals surface area contributed by atoms with Crippen molar-refractivity contribution in [3.8, 4) is 5.75 Å². The fourth-order valence-electron chi connectivity index (χ4n) is 2.01. The molecule has 2 amide bonds. The normalized spacial score (nSPS) is 11.8. The van der Waals surface area contributed by atoms with Crippen molar-refractivity contribution in [2.24, 2.45) is 11.7 Å². The van der Waals surface area contributed by atoms with Gasteiger partial charge in [-0.25, -0.2) is 4.79 Å². The van der Waals surface area contributed by atoms with Crippen LogP contribution in [-0.4, -0.2) is 43.6 Å². The number of methoxy groups -OCH3 is 1. The van der Waals surface area contributed by atoms with Gasteiger partial charge in [0.25, 0.3) is 0 Å². The van der Waals surface area contributed by atoms with Gasteiger partial charge < -0.3 is 25.8 Å². The van der Waals surface area contributed by atoms with E-state index in [2.05, 4.69) is 15.4 Å². The van der Waals surface area contributed by atoms with Crippen molar-refractivity contribution in [2.75, 3.05) is 19.0 Å². The molecule has 8 heteroatoms. The monoisotopic (exact) mass is 365 g/mol. The van der Waals surface area contributed by atoms with Crippen LogP contribution in [0.15, 0.2) is 18.2 Å². The molecule has 1 atom stereocenters. The largest absolute Gasteiger partial charge is 0.489 e. The number of carbonyl (C=O) groups excluding carboxylic acids is 3. The molecule has 0 aliphatic rings. The highest BCUT2D eigenvalue weighted by atomic mass is 16.5. The van der Waals surface area contributed by atoms with Crippen molar-refractivity contribution < 1.29 is 23.9 Å². The van der Waals surface area contributed by atoms with E-state index in [1.54, 1.807) is 12.1 Å². The van der Waals surface area contributed by atoms with Crippen molar-refractivity contribution in [2.45, 2.75) is 39.8 Å². The van der Waals surface area contributed by atoms with E-state index < -0.39 is 23.8 Å². The highest BCUT2D eigenvalue weighted by molar-refractivity contribution is 5.98. The summed E-state index contributed by atoms with van der Waals surface area (Å²) >= 11 is 0. The standard InChI is InChI=1S/C18H27N3O5/c1-10(2)16(19)17(23)20-9-15(22)21-13-8-12(18(24)25-5)6-7-14(13)26-11(3)4/h6-8,10-11,16H,9,19H2,1-5H3,(H,20,23)(H,21,22)/t16-/m0/s1. The number of nitrogens with two attached hydrogens (primary N) is 1. The predicted molar refractivity (Wildman–Crippen MR) is 98.0 cm³/mol. The number of hydrogen-bond donors (Lipinski definition) is 3. The molecule has 26 heavy (non-hydrogen) atoms. The first-order chi connectivity index (χ1) is 12.1. The molecule has 0 saturated carbocycles. The third-order valence-electron chi connectivity index (χ3n) is 3.48. The molecule has 8 nitrogen and oxygen atoms in total. The quantitative estimate of drug-likeness (QED) is 0.597. The Kier molecular flexibility index (Phi) is 8.05. The van der Waals surface area contributed by atoms with Gasteiger partial charge in [0.15, 0.2) is 0 Å². The smallest absolute Gasteiger partial charge is 0.337 e. The van der Waals surface area contributed by atoms with Gasteiger partial charge in [0.05, 0.1) is 37.1 Å².